The molecule has 10 heteroatoms. The van der Waals surface area contributed by atoms with Crippen LogP contribution in [0, 0.1) is 16.0 Å². The molecule has 29 heavy (non-hydrogen) atoms. The van der Waals surface area contributed by atoms with Crippen LogP contribution in [0.5, 0.6) is 0 Å². The Kier molecular flexibility index (Phi) is 6.13. The van der Waals surface area contributed by atoms with Gasteiger partial charge < -0.3 is 9.80 Å². The highest BCUT2D eigenvalue weighted by Crippen LogP contribution is 2.36. The molecule has 1 atom stereocenters. The third-order valence-electron chi connectivity index (χ3n) is 5.81. The van der Waals surface area contributed by atoms with Crippen molar-refractivity contribution in [2.45, 2.75) is 43.5 Å². The molecule has 0 bridgehead atoms. The number of piperidine rings is 1. The molecule has 0 unspecified atom stereocenters. The molecule has 2 aliphatic heterocycles. The number of nitro groups is 1. The number of carbonyl (C=O) groups is 1. The molecule has 1 amide bonds. The topological polar surface area (TPSA) is 104 Å². The fraction of sp³-hybridized carbons (Fsp3) is 0.632. The summed E-state index contributed by atoms with van der Waals surface area (Å²) in [7, 11) is -0.480. The van der Waals surface area contributed by atoms with E-state index < -0.39 is 21.0 Å². The first-order chi connectivity index (χ1) is 13.6. The van der Waals surface area contributed by atoms with Crippen LogP contribution in [-0.4, -0.2) is 68.2 Å². The SMILES string of the molecule is CC1CCN(S(=O)(=O)c2ccc(N3CCC[C@H]3C(=O)N(C)C)c([N+](=O)[O-])c2)CC1. The van der Waals surface area contributed by atoms with Crippen molar-refractivity contribution < 1.29 is 18.1 Å². The molecule has 160 valence electrons. The minimum Gasteiger partial charge on any atom is -0.354 e. The van der Waals surface area contributed by atoms with Gasteiger partial charge in [-0.15, -0.1) is 0 Å². The first-order valence-corrected chi connectivity index (χ1v) is 11.3. The van der Waals surface area contributed by atoms with Crippen LogP contribution in [0.1, 0.15) is 32.6 Å². The van der Waals surface area contributed by atoms with Crippen LogP contribution in [0.15, 0.2) is 23.1 Å². The average molecular weight is 425 g/mol. The number of sulfonamides is 1. The maximum Gasteiger partial charge on any atom is 0.293 e. The third-order valence-corrected chi connectivity index (χ3v) is 7.71. The van der Waals surface area contributed by atoms with Gasteiger partial charge in [0.1, 0.15) is 11.7 Å². The van der Waals surface area contributed by atoms with E-state index in [1.807, 2.05) is 0 Å². The van der Waals surface area contributed by atoms with Crippen LogP contribution in [0.3, 0.4) is 0 Å². The quantitative estimate of drug-likeness (QED) is 0.529. The molecule has 9 nitrogen and oxygen atoms in total. The van der Waals surface area contributed by atoms with Crippen LogP contribution >= 0.6 is 0 Å². The Bertz CT molecular complexity index is 894. The number of amides is 1. The van der Waals surface area contributed by atoms with Crippen LogP contribution in [0.2, 0.25) is 0 Å². The number of nitrogens with zero attached hydrogens (tertiary/aromatic N) is 4. The average Bonchev–Trinajstić information content (AvgIpc) is 3.16. The van der Waals surface area contributed by atoms with Crippen LogP contribution in [-0.2, 0) is 14.8 Å². The summed E-state index contributed by atoms with van der Waals surface area (Å²) >= 11 is 0. The van der Waals surface area contributed by atoms with Gasteiger partial charge in [0.15, 0.2) is 0 Å². The van der Waals surface area contributed by atoms with E-state index in [0.29, 0.717) is 37.7 Å². The second-order valence-electron chi connectivity index (χ2n) is 8.08. The molecule has 3 rings (SSSR count). The summed E-state index contributed by atoms with van der Waals surface area (Å²) in [6, 6.07) is 3.55. The summed E-state index contributed by atoms with van der Waals surface area (Å²) in [4.78, 5) is 26.8. The van der Waals surface area contributed by atoms with Gasteiger partial charge in [-0.1, -0.05) is 6.92 Å². The predicted octanol–water partition coefficient (Wildman–Crippen LogP) is 2.07. The summed E-state index contributed by atoms with van der Waals surface area (Å²) in [6.07, 6.45) is 2.91. The fourth-order valence-corrected chi connectivity index (χ4v) is 5.53. The van der Waals surface area contributed by atoms with Crippen molar-refractivity contribution in [3.05, 3.63) is 28.3 Å². The van der Waals surface area contributed by atoms with Crippen molar-refractivity contribution in [2.24, 2.45) is 5.92 Å². The van der Waals surface area contributed by atoms with Gasteiger partial charge >= 0.3 is 0 Å². The second kappa shape index (κ2) is 8.27. The molecule has 2 heterocycles. The summed E-state index contributed by atoms with van der Waals surface area (Å²) in [6.45, 7) is 3.45. The van der Waals surface area contributed by atoms with E-state index >= 15 is 0 Å². The van der Waals surface area contributed by atoms with Crippen LogP contribution in [0.25, 0.3) is 0 Å². The molecule has 2 fully saturated rings. The van der Waals surface area contributed by atoms with Gasteiger partial charge in [-0.25, -0.2) is 8.42 Å². The van der Waals surface area contributed by atoms with E-state index in [1.54, 1.807) is 19.0 Å². The number of nitro benzene ring substituents is 1. The number of hydrogen-bond donors (Lipinski definition) is 0. The van der Waals surface area contributed by atoms with Crippen LogP contribution < -0.4 is 4.90 Å². The van der Waals surface area contributed by atoms with Gasteiger partial charge in [-0.05, 0) is 43.7 Å². The van der Waals surface area contributed by atoms with Gasteiger partial charge in [-0.3, -0.25) is 14.9 Å². The van der Waals surface area contributed by atoms with Gasteiger partial charge in [-0.2, -0.15) is 4.31 Å². The van der Waals surface area contributed by atoms with Crippen molar-refractivity contribution in [1.29, 1.82) is 0 Å². The van der Waals surface area contributed by atoms with E-state index in [2.05, 4.69) is 6.92 Å². The number of hydrogen-bond acceptors (Lipinski definition) is 6. The molecule has 0 N–H and O–H groups in total. The standard InChI is InChI=1S/C19H28N4O5S/c1-14-8-11-21(12-9-14)29(27,28)15-6-7-16(18(13-15)23(25)26)22-10-4-5-17(22)19(24)20(2)3/h6-7,13-14,17H,4-5,8-12H2,1-3H3/t17-/m0/s1. The lowest BCUT2D eigenvalue weighted by atomic mass is 10.0. The Balaban J connectivity index is 1.96. The van der Waals surface area contributed by atoms with Crippen molar-refractivity contribution in [1.82, 2.24) is 9.21 Å². The zero-order valence-electron chi connectivity index (χ0n) is 17.1. The molecule has 0 aliphatic carbocycles. The van der Waals surface area contributed by atoms with Gasteiger partial charge in [0.2, 0.25) is 15.9 Å². The highest BCUT2D eigenvalue weighted by molar-refractivity contribution is 7.89. The lowest BCUT2D eigenvalue weighted by Crippen LogP contribution is -2.43. The van der Waals surface area contributed by atoms with Gasteiger partial charge in [0, 0.05) is 39.8 Å². The van der Waals surface area contributed by atoms with Crippen LogP contribution in [0.4, 0.5) is 11.4 Å². The Morgan fingerprint density at radius 1 is 1.17 bits per heavy atom. The number of likely N-dealkylation sites (N-methyl/N-ethyl adjacent to an activating group) is 1. The van der Waals surface area contributed by atoms with E-state index in [9.17, 15) is 23.3 Å². The van der Waals surface area contributed by atoms with Crippen molar-refractivity contribution in [3.8, 4) is 0 Å². The molecular formula is C19H28N4O5S. The monoisotopic (exact) mass is 424 g/mol. The molecule has 0 aromatic heterocycles. The minimum atomic E-state index is -3.79. The van der Waals surface area contributed by atoms with E-state index in [4.69, 9.17) is 0 Å². The highest BCUT2D eigenvalue weighted by atomic mass is 32.2. The summed E-state index contributed by atoms with van der Waals surface area (Å²) in [5.74, 6) is 0.357. The van der Waals surface area contributed by atoms with Crippen molar-refractivity contribution in [2.75, 3.05) is 38.6 Å². The fourth-order valence-electron chi connectivity index (χ4n) is 4.04. The lowest BCUT2D eigenvalue weighted by Gasteiger charge is -2.30. The zero-order chi connectivity index (χ0) is 21.3. The Morgan fingerprint density at radius 3 is 2.41 bits per heavy atom. The molecule has 0 spiro atoms. The summed E-state index contributed by atoms with van der Waals surface area (Å²) < 4.78 is 27.4. The predicted molar refractivity (Wildman–Crippen MR) is 109 cm³/mol. The second-order valence-corrected chi connectivity index (χ2v) is 10.0. The Hall–Kier alpha value is -2.20. The largest absolute Gasteiger partial charge is 0.354 e. The number of anilines is 1. The zero-order valence-corrected chi connectivity index (χ0v) is 17.9. The first-order valence-electron chi connectivity index (χ1n) is 9.89. The lowest BCUT2D eigenvalue weighted by molar-refractivity contribution is -0.384. The first kappa shape index (κ1) is 21.5. The van der Waals surface area contributed by atoms with Crippen molar-refractivity contribution in [3.63, 3.8) is 0 Å². The molecule has 2 aliphatic rings. The Labute approximate surface area is 171 Å². The van der Waals surface area contributed by atoms with Gasteiger partial charge in [0.05, 0.1) is 9.82 Å². The van der Waals surface area contributed by atoms with E-state index in [-0.39, 0.29) is 16.5 Å². The van der Waals surface area contributed by atoms with Crippen molar-refractivity contribution >= 4 is 27.3 Å². The normalized spacial score (nSPS) is 21.3. The number of carbonyl (C=O) groups excluding carboxylic acids is 1. The smallest absolute Gasteiger partial charge is 0.293 e. The van der Waals surface area contributed by atoms with E-state index in [0.717, 1.165) is 25.3 Å². The molecule has 2 saturated heterocycles. The molecular weight excluding hydrogens is 396 g/mol. The maximum absolute atomic E-state index is 13.0. The molecule has 1 aromatic rings. The molecule has 0 radical (unpaired) electrons. The number of rotatable bonds is 5. The highest BCUT2D eigenvalue weighted by Gasteiger charge is 2.36. The minimum absolute atomic E-state index is 0.0720. The Morgan fingerprint density at radius 2 is 1.83 bits per heavy atom. The third kappa shape index (κ3) is 4.23. The molecule has 1 aromatic carbocycles. The maximum atomic E-state index is 13.0. The molecule has 0 saturated carbocycles. The summed E-state index contributed by atoms with van der Waals surface area (Å²) in [5.41, 5.74) is 0.00817. The van der Waals surface area contributed by atoms with Gasteiger partial charge in [0.25, 0.3) is 5.69 Å². The number of benzene rings is 1. The summed E-state index contributed by atoms with van der Waals surface area (Å²) in [5, 5.41) is 11.8. The van der Waals surface area contributed by atoms with E-state index in [1.165, 1.54) is 21.3 Å².